The van der Waals surface area contributed by atoms with E-state index in [0.29, 0.717) is 25.5 Å². The van der Waals surface area contributed by atoms with Crippen LogP contribution in [0.15, 0.2) is 0 Å². The fraction of sp³-hybridized carbons (Fsp3) is 0.867. The summed E-state index contributed by atoms with van der Waals surface area (Å²) in [5.74, 6) is -0.829. The van der Waals surface area contributed by atoms with E-state index in [-0.39, 0.29) is 18.6 Å². The summed E-state index contributed by atoms with van der Waals surface area (Å²) in [4.78, 5) is 25.6. The third-order valence-electron chi connectivity index (χ3n) is 4.49. The minimum atomic E-state index is -0.859. The molecule has 0 radical (unpaired) electrons. The van der Waals surface area contributed by atoms with Crippen molar-refractivity contribution >= 4 is 11.9 Å². The first-order chi connectivity index (χ1) is 9.63. The van der Waals surface area contributed by atoms with Crippen molar-refractivity contribution < 1.29 is 19.4 Å². The van der Waals surface area contributed by atoms with Gasteiger partial charge in [-0.1, -0.05) is 19.8 Å². The average Bonchev–Trinajstić information content (AvgIpc) is 3.06. The third-order valence-corrected chi connectivity index (χ3v) is 4.49. The van der Waals surface area contributed by atoms with Gasteiger partial charge in [0.05, 0.1) is 19.3 Å². The summed E-state index contributed by atoms with van der Waals surface area (Å²) in [5, 5.41) is 9.25. The fourth-order valence-electron chi connectivity index (χ4n) is 3.38. The van der Waals surface area contributed by atoms with Crippen LogP contribution in [0.25, 0.3) is 0 Å². The second-order valence-electron chi connectivity index (χ2n) is 5.99. The Morgan fingerprint density at radius 2 is 1.95 bits per heavy atom. The number of amides is 1. The lowest BCUT2D eigenvalue weighted by atomic mass is 9.99. The average molecular weight is 283 g/mol. The van der Waals surface area contributed by atoms with Crippen LogP contribution in [0.3, 0.4) is 0 Å². The summed E-state index contributed by atoms with van der Waals surface area (Å²) < 4.78 is 5.30. The van der Waals surface area contributed by atoms with Crippen LogP contribution in [-0.2, 0) is 14.3 Å². The zero-order valence-corrected chi connectivity index (χ0v) is 12.2. The molecule has 0 aromatic rings. The molecule has 20 heavy (non-hydrogen) atoms. The molecule has 2 atom stereocenters. The Morgan fingerprint density at radius 1 is 1.25 bits per heavy atom. The molecule has 0 bridgehead atoms. The van der Waals surface area contributed by atoms with Gasteiger partial charge < -0.3 is 14.7 Å². The molecule has 5 heteroatoms. The highest BCUT2D eigenvalue weighted by atomic mass is 16.5. The molecule has 2 fully saturated rings. The molecule has 0 aromatic heterocycles. The van der Waals surface area contributed by atoms with Gasteiger partial charge in [0.2, 0.25) is 5.91 Å². The maximum Gasteiger partial charge on any atom is 0.311 e. The van der Waals surface area contributed by atoms with Gasteiger partial charge in [0.15, 0.2) is 0 Å². The number of nitrogens with zero attached hydrogens (tertiary/aromatic N) is 1. The van der Waals surface area contributed by atoms with Crippen LogP contribution in [0.2, 0.25) is 0 Å². The van der Waals surface area contributed by atoms with Crippen molar-refractivity contribution in [3.8, 4) is 0 Å². The van der Waals surface area contributed by atoms with Crippen LogP contribution in [0.4, 0.5) is 0 Å². The first kappa shape index (κ1) is 15.3. The number of hydrogen-bond donors (Lipinski definition) is 1. The molecule has 2 unspecified atom stereocenters. The Morgan fingerprint density at radius 3 is 2.55 bits per heavy atom. The van der Waals surface area contributed by atoms with Crippen molar-refractivity contribution in [1.82, 2.24) is 4.90 Å². The first-order valence-electron chi connectivity index (χ1n) is 7.73. The van der Waals surface area contributed by atoms with E-state index >= 15 is 0 Å². The zero-order valence-electron chi connectivity index (χ0n) is 12.2. The number of carboxylic acid groups (broad SMARTS) is 1. The standard InChI is InChI=1S/C15H25NO4/c1-2-7-16(13-10-20-9-12(13)15(18)19)14(17)8-11-5-3-4-6-11/h11-13H,2-10H2,1H3,(H,18,19). The van der Waals surface area contributed by atoms with Crippen molar-refractivity contribution in [1.29, 1.82) is 0 Å². The maximum atomic E-state index is 12.5. The van der Waals surface area contributed by atoms with E-state index < -0.39 is 11.9 Å². The second kappa shape index (κ2) is 7.07. The van der Waals surface area contributed by atoms with E-state index in [0.717, 1.165) is 19.3 Å². The molecule has 0 spiro atoms. The number of carboxylic acids is 1. The van der Waals surface area contributed by atoms with Gasteiger partial charge in [-0.2, -0.15) is 0 Å². The molecule has 114 valence electrons. The van der Waals surface area contributed by atoms with E-state index in [1.165, 1.54) is 12.8 Å². The number of ether oxygens (including phenoxy) is 1. The lowest BCUT2D eigenvalue weighted by molar-refractivity contribution is -0.145. The third kappa shape index (κ3) is 3.51. The van der Waals surface area contributed by atoms with Crippen molar-refractivity contribution in [2.45, 2.75) is 51.5 Å². The quantitative estimate of drug-likeness (QED) is 0.808. The molecule has 1 aliphatic carbocycles. The van der Waals surface area contributed by atoms with Gasteiger partial charge in [-0.15, -0.1) is 0 Å². The fourth-order valence-corrected chi connectivity index (χ4v) is 3.38. The minimum absolute atomic E-state index is 0.112. The Bertz CT molecular complexity index is 352. The number of hydrogen-bond acceptors (Lipinski definition) is 3. The summed E-state index contributed by atoms with van der Waals surface area (Å²) in [6.45, 7) is 3.22. The van der Waals surface area contributed by atoms with Crippen molar-refractivity contribution in [3.05, 3.63) is 0 Å². The van der Waals surface area contributed by atoms with E-state index in [2.05, 4.69) is 0 Å². The number of carbonyl (C=O) groups is 2. The van der Waals surface area contributed by atoms with Gasteiger partial charge in [-0.25, -0.2) is 0 Å². The molecular formula is C15H25NO4. The molecule has 2 aliphatic rings. The summed E-state index contributed by atoms with van der Waals surface area (Å²) in [5.41, 5.74) is 0. The van der Waals surface area contributed by atoms with Crippen molar-refractivity contribution in [3.63, 3.8) is 0 Å². The molecule has 1 aliphatic heterocycles. The van der Waals surface area contributed by atoms with Gasteiger partial charge >= 0.3 is 5.97 Å². The van der Waals surface area contributed by atoms with Crippen LogP contribution in [0.5, 0.6) is 0 Å². The van der Waals surface area contributed by atoms with Crippen LogP contribution in [0.1, 0.15) is 45.4 Å². The Labute approximate surface area is 120 Å². The Hall–Kier alpha value is -1.10. The van der Waals surface area contributed by atoms with E-state index in [1.807, 2.05) is 6.92 Å². The summed E-state index contributed by atoms with van der Waals surface area (Å²) >= 11 is 0. The first-order valence-corrected chi connectivity index (χ1v) is 7.73. The maximum absolute atomic E-state index is 12.5. The largest absolute Gasteiger partial charge is 0.481 e. The minimum Gasteiger partial charge on any atom is -0.481 e. The summed E-state index contributed by atoms with van der Waals surface area (Å²) in [6, 6.07) is -0.290. The molecular weight excluding hydrogens is 258 g/mol. The SMILES string of the molecule is CCCN(C(=O)CC1CCCC1)C1COCC1C(=O)O. The normalized spacial score (nSPS) is 26.9. The van der Waals surface area contributed by atoms with E-state index in [4.69, 9.17) is 4.74 Å². The molecule has 0 aromatic carbocycles. The molecule has 1 heterocycles. The highest BCUT2D eigenvalue weighted by molar-refractivity contribution is 5.79. The lowest BCUT2D eigenvalue weighted by Crippen LogP contribution is -2.47. The molecule has 1 saturated heterocycles. The second-order valence-corrected chi connectivity index (χ2v) is 5.99. The monoisotopic (exact) mass is 283 g/mol. The zero-order chi connectivity index (χ0) is 14.5. The van der Waals surface area contributed by atoms with Crippen LogP contribution in [-0.4, -0.2) is 47.7 Å². The molecule has 1 N–H and O–H groups in total. The smallest absolute Gasteiger partial charge is 0.311 e. The molecule has 2 rings (SSSR count). The van der Waals surface area contributed by atoms with Gasteiger partial charge in [-0.05, 0) is 25.2 Å². The highest BCUT2D eigenvalue weighted by Crippen LogP contribution is 2.29. The van der Waals surface area contributed by atoms with Crippen LogP contribution < -0.4 is 0 Å². The Balaban J connectivity index is 2.01. The van der Waals surface area contributed by atoms with Crippen molar-refractivity contribution in [2.24, 2.45) is 11.8 Å². The van der Waals surface area contributed by atoms with E-state index in [9.17, 15) is 14.7 Å². The van der Waals surface area contributed by atoms with Gasteiger partial charge in [0.1, 0.15) is 5.92 Å². The number of aliphatic carboxylic acids is 1. The predicted molar refractivity (Wildman–Crippen MR) is 74.3 cm³/mol. The van der Waals surface area contributed by atoms with Crippen molar-refractivity contribution in [2.75, 3.05) is 19.8 Å². The number of rotatable bonds is 6. The van der Waals surface area contributed by atoms with Gasteiger partial charge in [-0.3, -0.25) is 9.59 Å². The molecule has 1 amide bonds. The highest BCUT2D eigenvalue weighted by Gasteiger charge is 2.40. The predicted octanol–water partition coefficient (Wildman–Crippen LogP) is 1.90. The molecule has 5 nitrogen and oxygen atoms in total. The lowest BCUT2D eigenvalue weighted by Gasteiger charge is -2.31. The van der Waals surface area contributed by atoms with Crippen LogP contribution in [0, 0.1) is 11.8 Å². The van der Waals surface area contributed by atoms with Gasteiger partial charge in [0.25, 0.3) is 0 Å². The van der Waals surface area contributed by atoms with Gasteiger partial charge in [0, 0.05) is 13.0 Å². The molecule has 1 saturated carbocycles. The van der Waals surface area contributed by atoms with Crippen LogP contribution >= 0.6 is 0 Å². The number of carbonyl (C=O) groups excluding carboxylic acids is 1. The summed E-state index contributed by atoms with van der Waals surface area (Å²) in [7, 11) is 0. The Kier molecular flexibility index (Phi) is 5.40. The van der Waals surface area contributed by atoms with E-state index in [1.54, 1.807) is 4.90 Å². The topological polar surface area (TPSA) is 66.8 Å². The summed E-state index contributed by atoms with van der Waals surface area (Å²) in [6.07, 6.45) is 6.12.